The number of fused-ring (bicyclic) bond motifs is 1. The van der Waals surface area contributed by atoms with Crippen LogP contribution in [-0.2, 0) is 12.3 Å². The molecule has 0 unspecified atom stereocenters. The summed E-state index contributed by atoms with van der Waals surface area (Å²) in [6.07, 6.45) is 4.74. The van der Waals surface area contributed by atoms with Crippen LogP contribution < -0.4 is 46.0 Å². The highest BCUT2D eigenvalue weighted by molar-refractivity contribution is 7.92. The maximum Gasteiger partial charge on any atom is 0.103 e. The summed E-state index contributed by atoms with van der Waals surface area (Å²) in [6.45, 7) is 0. The average molecular weight is 573 g/mol. The molecule has 6 rings (SSSR count). The van der Waals surface area contributed by atoms with Gasteiger partial charge in [0.05, 0.1) is 48.1 Å². The second kappa shape index (κ2) is 12.6. The molecule has 0 aromatic heterocycles. The summed E-state index contributed by atoms with van der Waals surface area (Å²) in [5.41, 5.74) is 3.07. The van der Waals surface area contributed by atoms with Crippen molar-refractivity contribution in [3.05, 3.63) is 157 Å². The molecule has 0 aliphatic carbocycles. The van der Waals surface area contributed by atoms with E-state index in [0.29, 0.717) is 0 Å². The molecule has 5 aromatic carbocycles. The van der Waals surface area contributed by atoms with E-state index in [9.17, 15) is 0 Å². The molecule has 5 aromatic rings. The molecule has 0 fully saturated rings. The number of halogens is 2. The molecule has 0 saturated heterocycles. The molecular weight excluding hydrogens is 541 g/mol. The van der Waals surface area contributed by atoms with Gasteiger partial charge in [-0.1, -0.05) is 97.1 Å². The van der Waals surface area contributed by atoms with Gasteiger partial charge in [0.2, 0.25) is 0 Å². The monoisotopic (exact) mass is 572 g/mol. The van der Waals surface area contributed by atoms with Crippen LogP contribution in [0.25, 0.3) is 0 Å². The highest BCUT2D eigenvalue weighted by Gasteiger charge is 2.52. The molecule has 0 amide bonds. The zero-order chi connectivity index (χ0) is 24.3. The van der Waals surface area contributed by atoms with Gasteiger partial charge in [-0.05, 0) is 59.7 Å². The first kappa shape index (κ1) is 28.5. The van der Waals surface area contributed by atoms with E-state index >= 15 is 0 Å². The minimum atomic E-state index is -1.69. The molecule has 0 radical (unpaired) electrons. The van der Waals surface area contributed by atoms with E-state index in [0.717, 1.165) is 12.3 Å². The highest BCUT2D eigenvalue weighted by atomic mass is 35.5. The number of rotatable bonds is 4. The van der Waals surface area contributed by atoms with Crippen molar-refractivity contribution in [3.8, 4) is 0 Å². The lowest BCUT2D eigenvalue weighted by Crippen LogP contribution is -3.00. The lowest BCUT2D eigenvalue weighted by atomic mass is 10.1. The molecule has 4 heteroatoms. The molecule has 1 aliphatic heterocycles. The SMILES string of the molecule is [Cl-].[Cl-].c1ccc([P+]2(c3ccccc3)CC[P+](c3ccccc3)(c3ccccc3)Cc3ccccc3C2)cc1. The molecule has 1 aliphatic rings. The lowest BCUT2D eigenvalue weighted by Gasteiger charge is -2.35. The van der Waals surface area contributed by atoms with E-state index in [1.54, 1.807) is 0 Å². The summed E-state index contributed by atoms with van der Waals surface area (Å²) in [4.78, 5) is 0. The fourth-order valence-corrected chi connectivity index (χ4v) is 16.1. The molecule has 0 N–H and O–H groups in total. The quantitative estimate of drug-likeness (QED) is 0.282. The Bertz CT molecular complexity index is 1230. The van der Waals surface area contributed by atoms with Crippen molar-refractivity contribution in [1.29, 1.82) is 0 Å². The number of benzene rings is 5. The summed E-state index contributed by atoms with van der Waals surface area (Å²) in [7, 11) is -3.38. The summed E-state index contributed by atoms with van der Waals surface area (Å²) in [6, 6.07) is 55.0. The van der Waals surface area contributed by atoms with Gasteiger partial charge >= 0.3 is 0 Å². The molecular formula is C34H32Cl2P2. The standard InChI is InChI=1S/C34H32P2.2ClH/c1-5-17-31(18-6-1)35(32-19-7-2-8-20-32)25-26-36(33-21-9-3-10-22-33,34-23-11-4-12-24-34)28-30-16-14-13-15-29(30)27-35;;/h1-24H,25-28H2;2*1H/q+2;;/p-2. The number of hydrogen-bond acceptors (Lipinski definition) is 0. The second-order valence-electron chi connectivity index (χ2n) is 9.81. The van der Waals surface area contributed by atoms with Crippen molar-refractivity contribution in [2.75, 3.05) is 12.3 Å². The maximum atomic E-state index is 2.41. The van der Waals surface area contributed by atoms with Gasteiger partial charge in [-0.15, -0.1) is 0 Å². The summed E-state index contributed by atoms with van der Waals surface area (Å²) in [5, 5.41) is 6.14. The zero-order valence-electron chi connectivity index (χ0n) is 21.3. The predicted octanol–water partition coefficient (Wildman–Crippen LogP) is 1.05. The van der Waals surface area contributed by atoms with Gasteiger partial charge in [0.25, 0.3) is 0 Å². The first-order valence-electron chi connectivity index (χ1n) is 12.8. The molecule has 0 saturated carbocycles. The minimum Gasteiger partial charge on any atom is -1.00 e. The van der Waals surface area contributed by atoms with Crippen molar-refractivity contribution < 1.29 is 24.8 Å². The van der Waals surface area contributed by atoms with Crippen LogP contribution >= 0.6 is 14.5 Å². The lowest BCUT2D eigenvalue weighted by molar-refractivity contribution is -0.001000. The van der Waals surface area contributed by atoms with E-state index in [2.05, 4.69) is 146 Å². The summed E-state index contributed by atoms with van der Waals surface area (Å²) < 4.78 is 0. The molecule has 1 heterocycles. The Balaban J connectivity index is 0.00000168. The second-order valence-corrected chi connectivity index (χ2v) is 17.3. The number of hydrogen-bond donors (Lipinski definition) is 0. The molecule has 192 valence electrons. The Morgan fingerprint density at radius 2 is 0.553 bits per heavy atom. The third-order valence-electron chi connectivity index (χ3n) is 7.86. The van der Waals surface area contributed by atoms with E-state index in [4.69, 9.17) is 0 Å². The fraction of sp³-hybridized carbons (Fsp3) is 0.118. The first-order valence-corrected chi connectivity index (χ1v) is 17.2. The predicted molar refractivity (Wildman–Crippen MR) is 162 cm³/mol. The van der Waals surface area contributed by atoms with Crippen LogP contribution in [0.5, 0.6) is 0 Å². The van der Waals surface area contributed by atoms with Crippen LogP contribution in [0.2, 0.25) is 0 Å². The van der Waals surface area contributed by atoms with Crippen molar-refractivity contribution in [1.82, 2.24) is 0 Å². The van der Waals surface area contributed by atoms with Gasteiger partial charge in [0.1, 0.15) is 12.3 Å². The van der Waals surface area contributed by atoms with Crippen LogP contribution in [-0.4, -0.2) is 12.3 Å². The average Bonchev–Trinajstić information content (AvgIpc) is 2.96. The van der Waals surface area contributed by atoms with Crippen LogP contribution in [0.15, 0.2) is 146 Å². The molecule has 0 spiro atoms. The van der Waals surface area contributed by atoms with Crippen molar-refractivity contribution in [2.45, 2.75) is 12.3 Å². The molecule has 0 nitrogen and oxygen atoms in total. The molecule has 38 heavy (non-hydrogen) atoms. The van der Waals surface area contributed by atoms with Crippen molar-refractivity contribution >= 4 is 35.7 Å². The molecule has 0 atom stereocenters. The van der Waals surface area contributed by atoms with Crippen LogP contribution in [0.1, 0.15) is 11.1 Å². The third kappa shape index (κ3) is 5.34. The van der Waals surface area contributed by atoms with Crippen molar-refractivity contribution in [2.24, 2.45) is 0 Å². The van der Waals surface area contributed by atoms with E-state index in [1.807, 2.05) is 0 Å². The third-order valence-corrected chi connectivity index (χ3v) is 17.1. The Morgan fingerprint density at radius 1 is 0.316 bits per heavy atom. The Hall–Kier alpha value is -2.46. The van der Waals surface area contributed by atoms with E-state index < -0.39 is 14.5 Å². The van der Waals surface area contributed by atoms with Crippen LogP contribution in [0, 0.1) is 0 Å². The van der Waals surface area contributed by atoms with Crippen LogP contribution in [0.4, 0.5) is 0 Å². The highest BCUT2D eigenvalue weighted by Crippen LogP contribution is 2.68. The van der Waals surface area contributed by atoms with Gasteiger partial charge in [-0.25, -0.2) is 0 Å². The zero-order valence-corrected chi connectivity index (χ0v) is 24.6. The van der Waals surface area contributed by atoms with E-state index in [-0.39, 0.29) is 24.8 Å². The Labute approximate surface area is 241 Å². The van der Waals surface area contributed by atoms with Gasteiger partial charge in [0, 0.05) is 0 Å². The van der Waals surface area contributed by atoms with Gasteiger partial charge in [-0.2, -0.15) is 0 Å². The summed E-state index contributed by atoms with van der Waals surface area (Å²) >= 11 is 0. The summed E-state index contributed by atoms with van der Waals surface area (Å²) in [5.74, 6) is 0. The van der Waals surface area contributed by atoms with Gasteiger partial charge < -0.3 is 24.8 Å². The smallest absolute Gasteiger partial charge is 0.103 e. The molecule has 0 bridgehead atoms. The van der Waals surface area contributed by atoms with Crippen LogP contribution in [0.3, 0.4) is 0 Å². The first-order chi connectivity index (χ1) is 17.8. The van der Waals surface area contributed by atoms with Gasteiger partial charge in [-0.3, -0.25) is 0 Å². The van der Waals surface area contributed by atoms with Gasteiger partial charge in [0.15, 0.2) is 0 Å². The topological polar surface area (TPSA) is 0 Å². The fourth-order valence-electron chi connectivity index (χ4n) is 5.98. The maximum absolute atomic E-state index is 2.41. The normalized spacial score (nSPS) is 15.5. The Kier molecular flexibility index (Phi) is 9.46. The largest absolute Gasteiger partial charge is 1.00 e. The van der Waals surface area contributed by atoms with E-state index in [1.165, 1.54) is 44.7 Å². The minimum absolute atomic E-state index is 0. The Morgan fingerprint density at radius 3 is 0.816 bits per heavy atom. The van der Waals surface area contributed by atoms with Crippen molar-refractivity contribution in [3.63, 3.8) is 0 Å².